The Bertz CT molecular complexity index is 1300. The Kier molecular flexibility index (Phi) is 6.40. The van der Waals surface area contributed by atoms with Gasteiger partial charge in [-0.05, 0) is 18.6 Å². The number of nitrogens with one attached hydrogen (secondary N) is 2. The Morgan fingerprint density at radius 3 is 2.42 bits per heavy atom. The van der Waals surface area contributed by atoms with Gasteiger partial charge in [0.2, 0.25) is 0 Å². The van der Waals surface area contributed by atoms with Crippen LogP contribution in [0.25, 0.3) is 22.4 Å². The molecule has 0 radical (unpaired) electrons. The minimum absolute atomic E-state index is 0.166. The summed E-state index contributed by atoms with van der Waals surface area (Å²) in [5.41, 5.74) is 2.97. The van der Waals surface area contributed by atoms with Crippen LogP contribution in [0.3, 0.4) is 0 Å². The molecule has 2 aromatic carbocycles. The number of fused-ring (bicyclic) bond motifs is 1. The number of carbonyl (C=O) groups excluding carboxylic acids is 3. The molecule has 0 saturated carbocycles. The normalized spacial score (nSPS) is 10.6. The minimum atomic E-state index is -0.760. The van der Waals surface area contributed by atoms with E-state index in [0.29, 0.717) is 16.8 Å². The zero-order valence-corrected chi connectivity index (χ0v) is 17.7. The van der Waals surface area contributed by atoms with E-state index in [2.05, 4.69) is 20.8 Å². The van der Waals surface area contributed by atoms with E-state index in [-0.39, 0.29) is 17.8 Å². The Morgan fingerprint density at radius 1 is 1.00 bits per heavy atom. The molecule has 4 aromatic rings. The number of urea groups is 1. The number of hydrogen-bond acceptors (Lipinski definition) is 7. The van der Waals surface area contributed by atoms with Crippen LogP contribution in [0.1, 0.15) is 21.6 Å². The predicted octanol–water partition coefficient (Wildman–Crippen LogP) is 3.38. The molecule has 3 amide bonds. The highest BCUT2D eigenvalue weighted by Gasteiger charge is 2.21. The molecule has 0 bridgehead atoms. The van der Waals surface area contributed by atoms with Crippen LogP contribution in [0.2, 0.25) is 0 Å². The van der Waals surface area contributed by atoms with E-state index in [9.17, 15) is 14.4 Å². The maximum absolute atomic E-state index is 12.8. The maximum Gasteiger partial charge on any atom is 0.339 e. The largest absolute Gasteiger partial charge is 0.452 e. The number of hydrogen-bond donors (Lipinski definition) is 2. The van der Waals surface area contributed by atoms with Crippen LogP contribution < -0.4 is 10.6 Å². The van der Waals surface area contributed by atoms with E-state index in [0.717, 1.165) is 11.1 Å². The van der Waals surface area contributed by atoms with Crippen molar-refractivity contribution in [1.29, 1.82) is 0 Å². The summed E-state index contributed by atoms with van der Waals surface area (Å²) in [7, 11) is 0. The number of esters is 1. The van der Waals surface area contributed by atoms with Gasteiger partial charge in [-0.2, -0.15) is 0 Å². The molecule has 2 aromatic heterocycles. The number of amides is 3. The summed E-state index contributed by atoms with van der Waals surface area (Å²) in [5.74, 6) is -1.52. The lowest BCUT2D eigenvalue weighted by Gasteiger charge is -2.09. The maximum atomic E-state index is 12.8. The molecule has 0 aliphatic heterocycles. The summed E-state index contributed by atoms with van der Waals surface area (Å²) >= 11 is 0. The number of aryl methyl sites for hydroxylation is 1. The van der Waals surface area contributed by atoms with E-state index < -0.39 is 24.5 Å². The molecule has 0 atom stereocenters. The fourth-order valence-electron chi connectivity index (χ4n) is 3.21. The van der Waals surface area contributed by atoms with Crippen LogP contribution in [-0.2, 0) is 16.1 Å². The van der Waals surface area contributed by atoms with Gasteiger partial charge >= 0.3 is 12.0 Å². The summed E-state index contributed by atoms with van der Waals surface area (Å²) in [5, 5.41) is 8.97. The van der Waals surface area contributed by atoms with Crippen molar-refractivity contribution in [2.24, 2.45) is 0 Å². The Labute approximate surface area is 188 Å². The number of ether oxygens (including phenoxy) is 1. The summed E-state index contributed by atoms with van der Waals surface area (Å²) < 4.78 is 10.4. The van der Waals surface area contributed by atoms with Gasteiger partial charge < -0.3 is 14.6 Å². The number of pyridine rings is 1. The summed E-state index contributed by atoms with van der Waals surface area (Å²) in [6, 6.07) is 19.4. The van der Waals surface area contributed by atoms with Crippen LogP contribution in [0, 0.1) is 6.92 Å². The number of benzene rings is 2. The van der Waals surface area contributed by atoms with Crippen LogP contribution in [0.4, 0.5) is 4.79 Å². The fraction of sp³-hybridized carbons (Fsp3) is 0.125. The third kappa shape index (κ3) is 5.21. The standard InChI is InChI=1S/C24H20N4O5/c1-15-21-18(12-19(26-22(21)33-28-15)17-10-6-3-7-11-17)23(30)32-14-20(29)27-24(31)25-13-16-8-4-2-5-9-16/h2-12H,13-14H2,1H3,(H2,25,27,29,31). The van der Waals surface area contributed by atoms with Gasteiger partial charge in [-0.3, -0.25) is 10.1 Å². The zero-order valence-electron chi connectivity index (χ0n) is 17.7. The highest BCUT2D eigenvalue weighted by Crippen LogP contribution is 2.27. The van der Waals surface area contributed by atoms with Gasteiger partial charge in [0.25, 0.3) is 11.6 Å². The van der Waals surface area contributed by atoms with Crippen molar-refractivity contribution in [3.63, 3.8) is 0 Å². The topological polar surface area (TPSA) is 123 Å². The molecule has 0 unspecified atom stereocenters. The first kappa shape index (κ1) is 21.7. The van der Waals surface area contributed by atoms with E-state index >= 15 is 0 Å². The number of rotatable bonds is 6. The molecule has 166 valence electrons. The van der Waals surface area contributed by atoms with E-state index in [1.807, 2.05) is 60.7 Å². The molecular weight excluding hydrogens is 424 g/mol. The summed E-state index contributed by atoms with van der Waals surface area (Å²) in [6.45, 7) is 1.30. The molecule has 0 fully saturated rings. The molecule has 0 spiro atoms. The van der Waals surface area contributed by atoms with Crippen molar-refractivity contribution in [2.45, 2.75) is 13.5 Å². The first-order valence-electron chi connectivity index (χ1n) is 10.1. The van der Waals surface area contributed by atoms with Crippen LogP contribution in [0.5, 0.6) is 0 Å². The molecule has 0 saturated heterocycles. The second kappa shape index (κ2) is 9.73. The van der Waals surface area contributed by atoms with Crippen molar-refractivity contribution in [3.8, 4) is 11.3 Å². The van der Waals surface area contributed by atoms with E-state index in [1.165, 1.54) is 0 Å². The van der Waals surface area contributed by atoms with Gasteiger partial charge in [0.15, 0.2) is 6.61 Å². The van der Waals surface area contributed by atoms with E-state index in [4.69, 9.17) is 9.26 Å². The number of imide groups is 1. The van der Waals surface area contributed by atoms with E-state index in [1.54, 1.807) is 13.0 Å². The van der Waals surface area contributed by atoms with Gasteiger partial charge in [0, 0.05) is 12.1 Å². The minimum Gasteiger partial charge on any atom is -0.452 e. The Balaban J connectivity index is 1.41. The monoisotopic (exact) mass is 444 g/mol. The third-order valence-electron chi connectivity index (χ3n) is 4.79. The fourth-order valence-corrected chi connectivity index (χ4v) is 3.21. The molecule has 2 heterocycles. The highest BCUT2D eigenvalue weighted by atomic mass is 16.5. The average molecular weight is 444 g/mol. The highest BCUT2D eigenvalue weighted by molar-refractivity contribution is 6.05. The van der Waals surface area contributed by atoms with Gasteiger partial charge in [-0.1, -0.05) is 65.8 Å². The first-order valence-corrected chi connectivity index (χ1v) is 10.1. The lowest BCUT2D eigenvalue weighted by Crippen LogP contribution is -2.41. The van der Waals surface area contributed by atoms with Gasteiger partial charge in [0.05, 0.1) is 22.3 Å². The van der Waals surface area contributed by atoms with Crippen molar-refractivity contribution >= 4 is 29.0 Å². The van der Waals surface area contributed by atoms with Crippen molar-refractivity contribution in [1.82, 2.24) is 20.8 Å². The molecule has 9 heteroatoms. The first-order chi connectivity index (χ1) is 16.0. The van der Waals surface area contributed by atoms with Gasteiger partial charge in [-0.15, -0.1) is 0 Å². The van der Waals surface area contributed by atoms with Crippen molar-refractivity contribution in [2.75, 3.05) is 6.61 Å². The second-order valence-electron chi connectivity index (χ2n) is 7.16. The van der Waals surface area contributed by atoms with Crippen LogP contribution >= 0.6 is 0 Å². The number of nitrogens with zero attached hydrogens (tertiary/aromatic N) is 2. The molecule has 9 nitrogen and oxygen atoms in total. The Morgan fingerprint density at radius 2 is 1.70 bits per heavy atom. The lowest BCUT2D eigenvalue weighted by molar-refractivity contribution is -0.123. The number of aromatic nitrogens is 2. The summed E-state index contributed by atoms with van der Waals surface area (Å²) in [6.07, 6.45) is 0. The smallest absolute Gasteiger partial charge is 0.339 e. The quantitative estimate of drug-likeness (QED) is 0.437. The van der Waals surface area contributed by atoms with Crippen LogP contribution in [0.15, 0.2) is 71.3 Å². The molecule has 2 N–H and O–H groups in total. The third-order valence-corrected chi connectivity index (χ3v) is 4.79. The van der Waals surface area contributed by atoms with Gasteiger partial charge in [0.1, 0.15) is 0 Å². The molecule has 33 heavy (non-hydrogen) atoms. The van der Waals surface area contributed by atoms with Crippen LogP contribution in [-0.4, -0.2) is 34.7 Å². The SMILES string of the molecule is Cc1noc2nc(-c3ccccc3)cc(C(=O)OCC(=O)NC(=O)NCc3ccccc3)c12. The predicted molar refractivity (Wildman–Crippen MR) is 119 cm³/mol. The Hall–Kier alpha value is -4.53. The zero-order chi connectivity index (χ0) is 23.2. The number of carbonyl (C=O) groups is 3. The molecular formula is C24H20N4O5. The molecule has 0 aliphatic carbocycles. The lowest BCUT2D eigenvalue weighted by atomic mass is 10.1. The summed E-state index contributed by atoms with van der Waals surface area (Å²) in [4.78, 5) is 41.2. The van der Waals surface area contributed by atoms with Crippen molar-refractivity contribution < 1.29 is 23.6 Å². The second-order valence-corrected chi connectivity index (χ2v) is 7.16. The molecule has 4 rings (SSSR count). The molecule has 0 aliphatic rings. The van der Waals surface area contributed by atoms with Gasteiger partial charge in [-0.25, -0.2) is 14.6 Å². The van der Waals surface area contributed by atoms with Crippen molar-refractivity contribution in [3.05, 3.63) is 83.6 Å². The average Bonchev–Trinajstić information content (AvgIpc) is 3.22.